The Bertz CT molecular complexity index is 654. The topological polar surface area (TPSA) is 0 Å². The van der Waals surface area contributed by atoms with Crippen LogP contribution in [0.1, 0.15) is 96.0 Å². The van der Waals surface area contributed by atoms with Crippen molar-refractivity contribution < 1.29 is 0 Å². The number of rotatable bonds is 5. The van der Waals surface area contributed by atoms with E-state index in [4.69, 9.17) is 0 Å². The molecule has 160 valence electrons. The molecule has 9 unspecified atom stereocenters. The van der Waals surface area contributed by atoms with Gasteiger partial charge in [0.25, 0.3) is 0 Å². The summed E-state index contributed by atoms with van der Waals surface area (Å²) in [4.78, 5) is 0. The zero-order valence-electron chi connectivity index (χ0n) is 18.8. The van der Waals surface area contributed by atoms with Gasteiger partial charge in [-0.25, -0.2) is 0 Å². The summed E-state index contributed by atoms with van der Waals surface area (Å²) in [6.07, 6.45) is 16.7. The van der Waals surface area contributed by atoms with Crippen LogP contribution in [0.25, 0.3) is 0 Å². The summed E-state index contributed by atoms with van der Waals surface area (Å²) in [6, 6.07) is 11.3. The van der Waals surface area contributed by atoms with Gasteiger partial charge in [-0.2, -0.15) is 11.8 Å². The molecule has 0 bridgehead atoms. The highest BCUT2D eigenvalue weighted by Gasteiger charge is 2.48. The average Bonchev–Trinajstić information content (AvgIpc) is 3.27. The maximum Gasteiger partial charge on any atom is 0.00836 e. The Balaban J connectivity index is 1.27. The van der Waals surface area contributed by atoms with Crippen molar-refractivity contribution in [3.05, 3.63) is 35.9 Å². The van der Waals surface area contributed by atoms with E-state index in [1.807, 2.05) is 0 Å². The van der Waals surface area contributed by atoms with Crippen molar-refractivity contribution in [2.75, 3.05) is 0 Å². The van der Waals surface area contributed by atoms with E-state index in [2.05, 4.69) is 55.9 Å². The molecule has 29 heavy (non-hydrogen) atoms. The molecule has 0 N–H and O–H groups in total. The van der Waals surface area contributed by atoms with Crippen LogP contribution >= 0.6 is 11.8 Å². The van der Waals surface area contributed by atoms with Crippen LogP contribution in [0, 0.1) is 35.5 Å². The van der Waals surface area contributed by atoms with E-state index < -0.39 is 0 Å². The number of hydrogen-bond acceptors (Lipinski definition) is 1. The molecule has 0 spiro atoms. The minimum Gasteiger partial charge on any atom is -0.155 e. The first-order valence-electron chi connectivity index (χ1n) is 12.9. The molecule has 4 saturated carbocycles. The van der Waals surface area contributed by atoms with Gasteiger partial charge in [0.1, 0.15) is 0 Å². The van der Waals surface area contributed by atoms with E-state index >= 15 is 0 Å². The summed E-state index contributed by atoms with van der Waals surface area (Å²) in [6.45, 7) is 5.06. The minimum atomic E-state index is 0.724. The lowest BCUT2D eigenvalue weighted by Gasteiger charge is -2.34. The van der Waals surface area contributed by atoms with Gasteiger partial charge in [-0.3, -0.25) is 0 Å². The molecule has 4 aliphatic rings. The molecule has 5 rings (SSSR count). The molecule has 0 aromatic heterocycles. The number of thioether (sulfide) groups is 1. The minimum absolute atomic E-state index is 0.724. The van der Waals surface area contributed by atoms with Crippen molar-refractivity contribution >= 4 is 11.8 Å². The summed E-state index contributed by atoms with van der Waals surface area (Å²) in [5.74, 6) is 6.91. The lowest BCUT2D eigenvalue weighted by Crippen LogP contribution is -2.27. The summed E-state index contributed by atoms with van der Waals surface area (Å²) in [5, 5.41) is 1.97. The molecular weight excluding hydrogens is 368 g/mol. The van der Waals surface area contributed by atoms with E-state index in [1.165, 1.54) is 64.2 Å². The summed E-state index contributed by atoms with van der Waals surface area (Å²) < 4.78 is 0. The third kappa shape index (κ3) is 4.19. The highest BCUT2D eigenvalue weighted by atomic mass is 32.2. The van der Waals surface area contributed by atoms with Gasteiger partial charge in [0.05, 0.1) is 0 Å². The summed E-state index contributed by atoms with van der Waals surface area (Å²) >= 11 is 2.52. The van der Waals surface area contributed by atoms with E-state index in [0.29, 0.717) is 0 Å². The van der Waals surface area contributed by atoms with Gasteiger partial charge in [-0.1, -0.05) is 69.9 Å². The van der Waals surface area contributed by atoms with Crippen LogP contribution in [0.2, 0.25) is 0 Å². The molecule has 0 aliphatic heterocycles. The normalized spacial score (nSPS) is 43.0. The first kappa shape index (κ1) is 20.5. The van der Waals surface area contributed by atoms with Crippen molar-refractivity contribution in [2.45, 2.75) is 101 Å². The number of hydrogen-bond donors (Lipinski definition) is 0. The standard InChI is InChI=1S/C28H42S/c1-19(21-10-4-3-5-11-21)16-22-18-28(26-15-9-7-13-24(22)26)29-27-17-20(2)23-12-6-8-14-25(23)27/h3-5,10-11,19-20,22-28H,6-9,12-18H2,1-2H3. The quantitative estimate of drug-likeness (QED) is 0.470. The first-order chi connectivity index (χ1) is 14.2. The fourth-order valence-electron chi connectivity index (χ4n) is 8.14. The molecule has 0 amide bonds. The SMILES string of the molecule is CC(CC1CC(SC2CC(C)C3CCCCC23)C2CCCCC12)c1ccccc1. The van der Waals surface area contributed by atoms with Crippen molar-refractivity contribution in [2.24, 2.45) is 35.5 Å². The monoisotopic (exact) mass is 410 g/mol. The van der Waals surface area contributed by atoms with Crippen molar-refractivity contribution in [3.8, 4) is 0 Å². The second-order valence-corrected chi connectivity index (χ2v) is 12.7. The van der Waals surface area contributed by atoms with Crippen LogP contribution in [0.3, 0.4) is 0 Å². The Morgan fingerprint density at radius 3 is 2.10 bits per heavy atom. The van der Waals surface area contributed by atoms with Crippen LogP contribution in [-0.2, 0) is 0 Å². The Morgan fingerprint density at radius 2 is 1.38 bits per heavy atom. The molecule has 0 nitrogen and oxygen atoms in total. The lowest BCUT2D eigenvalue weighted by molar-refractivity contribution is 0.216. The highest BCUT2D eigenvalue weighted by Crippen LogP contribution is 2.57. The third-order valence-corrected chi connectivity index (χ3v) is 11.3. The Hall–Kier alpha value is -0.430. The molecule has 4 aliphatic carbocycles. The maximum atomic E-state index is 2.58. The van der Waals surface area contributed by atoms with Crippen molar-refractivity contribution in [1.82, 2.24) is 0 Å². The number of benzene rings is 1. The molecule has 1 heteroatoms. The molecule has 1 aromatic rings. The van der Waals surface area contributed by atoms with Crippen LogP contribution in [0.5, 0.6) is 0 Å². The van der Waals surface area contributed by atoms with Gasteiger partial charge in [-0.05, 0) is 91.9 Å². The lowest BCUT2D eigenvalue weighted by atomic mass is 9.75. The zero-order valence-corrected chi connectivity index (χ0v) is 19.6. The smallest absolute Gasteiger partial charge is 0.00836 e. The summed E-state index contributed by atoms with van der Waals surface area (Å²) in [7, 11) is 0. The fourth-order valence-corrected chi connectivity index (χ4v) is 10.4. The predicted octanol–water partition coefficient (Wildman–Crippen LogP) is 8.32. The third-order valence-electron chi connectivity index (χ3n) is 9.55. The highest BCUT2D eigenvalue weighted by molar-refractivity contribution is 8.00. The van der Waals surface area contributed by atoms with Gasteiger partial charge in [0, 0.05) is 10.5 Å². The van der Waals surface area contributed by atoms with Crippen molar-refractivity contribution in [3.63, 3.8) is 0 Å². The molecular formula is C28H42S. The van der Waals surface area contributed by atoms with Gasteiger partial charge in [0.15, 0.2) is 0 Å². The van der Waals surface area contributed by atoms with Gasteiger partial charge >= 0.3 is 0 Å². The predicted molar refractivity (Wildman–Crippen MR) is 127 cm³/mol. The average molecular weight is 411 g/mol. The molecule has 0 heterocycles. The second-order valence-electron chi connectivity index (χ2n) is 11.2. The van der Waals surface area contributed by atoms with E-state index in [1.54, 1.807) is 12.0 Å². The fraction of sp³-hybridized carbons (Fsp3) is 0.786. The maximum absolute atomic E-state index is 2.58. The first-order valence-corrected chi connectivity index (χ1v) is 13.9. The Labute approximate surface area is 184 Å². The molecule has 1 aromatic carbocycles. The molecule has 4 fully saturated rings. The Morgan fingerprint density at radius 1 is 0.793 bits per heavy atom. The van der Waals surface area contributed by atoms with Crippen LogP contribution in [-0.4, -0.2) is 10.5 Å². The molecule has 9 atom stereocenters. The van der Waals surface area contributed by atoms with E-state index in [0.717, 1.165) is 51.9 Å². The summed E-state index contributed by atoms with van der Waals surface area (Å²) in [5.41, 5.74) is 1.56. The van der Waals surface area contributed by atoms with Gasteiger partial charge in [0.2, 0.25) is 0 Å². The van der Waals surface area contributed by atoms with Crippen LogP contribution in [0.4, 0.5) is 0 Å². The molecule has 0 saturated heterocycles. The Kier molecular flexibility index (Phi) is 6.34. The molecule has 0 radical (unpaired) electrons. The van der Waals surface area contributed by atoms with Crippen LogP contribution < -0.4 is 0 Å². The second kappa shape index (κ2) is 8.97. The van der Waals surface area contributed by atoms with E-state index in [-0.39, 0.29) is 0 Å². The largest absolute Gasteiger partial charge is 0.155 e. The van der Waals surface area contributed by atoms with Gasteiger partial charge < -0.3 is 0 Å². The van der Waals surface area contributed by atoms with Crippen molar-refractivity contribution in [1.29, 1.82) is 0 Å². The van der Waals surface area contributed by atoms with E-state index in [9.17, 15) is 0 Å². The van der Waals surface area contributed by atoms with Crippen LogP contribution in [0.15, 0.2) is 30.3 Å². The zero-order chi connectivity index (χ0) is 19.8. The number of fused-ring (bicyclic) bond motifs is 2. The van der Waals surface area contributed by atoms with Gasteiger partial charge in [-0.15, -0.1) is 0 Å².